The van der Waals surface area contributed by atoms with Crippen molar-refractivity contribution in [2.45, 2.75) is 39.7 Å². The fourth-order valence-electron chi connectivity index (χ4n) is 2.86. The number of allylic oxidation sites excluding steroid dienone is 2. The third kappa shape index (κ3) is 3.25. The number of nitriles is 1. The third-order valence-corrected chi connectivity index (χ3v) is 4.18. The van der Waals surface area contributed by atoms with E-state index in [1.165, 1.54) is 7.11 Å². The molecule has 0 radical (unpaired) electrons. The van der Waals surface area contributed by atoms with Crippen molar-refractivity contribution in [3.05, 3.63) is 39.5 Å². The zero-order chi connectivity index (χ0) is 17.9. The topological polar surface area (TPSA) is 96.6 Å². The number of hydrogen-bond acceptors (Lipinski definition) is 5. The normalized spacial score (nSPS) is 13.2. The highest BCUT2D eigenvalue weighted by molar-refractivity contribution is 5.97. The second kappa shape index (κ2) is 7.18. The molecule has 0 saturated heterocycles. The first-order valence-electron chi connectivity index (χ1n) is 7.57. The number of aliphatic carboxylic acids is 1. The van der Waals surface area contributed by atoms with Crippen LogP contribution in [-0.2, 0) is 22.6 Å². The van der Waals surface area contributed by atoms with Crippen molar-refractivity contribution < 1.29 is 24.2 Å². The van der Waals surface area contributed by atoms with Gasteiger partial charge in [0.05, 0.1) is 18.2 Å². The fourth-order valence-corrected chi connectivity index (χ4v) is 2.86. The van der Waals surface area contributed by atoms with E-state index in [-0.39, 0.29) is 18.6 Å². The maximum absolute atomic E-state index is 12.0. The van der Waals surface area contributed by atoms with Gasteiger partial charge in [-0.3, -0.25) is 4.79 Å². The Balaban J connectivity index is 2.46. The zero-order valence-corrected chi connectivity index (χ0v) is 13.9. The maximum atomic E-state index is 12.0. The Bertz CT molecular complexity index is 771. The van der Waals surface area contributed by atoms with E-state index in [1.807, 2.05) is 19.9 Å². The highest BCUT2D eigenvalue weighted by Gasteiger charge is 2.31. The lowest BCUT2D eigenvalue weighted by molar-refractivity contribution is -0.136. The number of carboxylic acid groups (broad SMARTS) is 1. The van der Waals surface area contributed by atoms with Gasteiger partial charge in [-0.15, -0.1) is 0 Å². The SMILES string of the molecule is COc1c(C)c2c(c(C#N)c1C/C=C(\C)CCC(=O)O)C(=O)OC2. The molecule has 6 nitrogen and oxygen atoms in total. The Labute approximate surface area is 140 Å². The van der Waals surface area contributed by atoms with E-state index >= 15 is 0 Å². The molecule has 1 aliphatic rings. The van der Waals surface area contributed by atoms with Crippen molar-refractivity contribution >= 4 is 11.9 Å². The van der Waals surface area contributed by atoms with E-state index in [0.29, 0.717) is 35.3 Å². The highest BCUT2D eigenvalue weighted by atomic mass is 16.5. The largest absolute Gasteiger partial charge is 0.496 e. The molecule has 1 heterocycles. The van der Waals surface area contributed by atoms with E-state index in [0.717, 1.165) is 11.1 Å². The van der Waals surface area contributed by atoms with Crippen molar-refractivity contribution in [1.82, 2.24) is 0 Å². The molecular formula is C18H19NO5. The predicted molar refractivity (Wildman–Crippen MR) is 85.9 cm³/mol. The summed E-state index contributed by atoms with van der Waals surface area (Å²) in [6.45, 7) is 3.83. The summed E-state index contributed by atoms with van der Waals surface area (Å²) in [5.41, 5.74) is 3.63. The molecule has 0 unspecified atom stereocenters. The summed E-state index contributed by atoms with van der Waals surface area (Å²) < 4.78 is 10.5. The van der Waals surface area contributed by atoms with Crippen LogP contribution in [0.1, 0.15) is 52.4 Å². The molecule has 126 valence electrons. The Morgan fingerprint density at radius 1 is 1.46 bits per heavy atom. The monoisotopic (exact) mass is 329 g/mol. The first-order chi connectivity index (χ1) is 11.4. The van der Waals surface area contributed by atoms with E-state index < -0.39 is 11.9 Å². The second-order valence-electron chi connectivity index (χ2n) is 5.70. The van der Waals surface area contributed by atoms with Crippen LogP contribution in [0.2, 0.25) is 0 Å². The van der Waals surface area contributed by atoms with E-state index in [9.17, 15) is 14.9 Å². The Morgan fingerprint density at radius 2 is 2.17 bits per heavy atom. The van der Waals surface area contributed by atoms with Crippen molar-refractivity contribution in [1.29, 1.82) is 5.26 Å². The second-order valence-corrected chi connectivity index (χ2v) is 5.70. The predicted octanol–water partition coefficient (Wildman–Crippen LogP) is 2.90. The van der Waals surface area contributed by atoms with Gasteiger partial charge in [-0.25, -0.2) is 4.79 Å². The van der Waals surface area contributed by atoms with Gasteiger partial charge in [0.15, 0.2) is 0 Å². The van der Waals surface area contributed by atoms with Crippen LogP contribution in [-0.4, -0.2) is 24.2 Å². The fraction of sp³-hybridized carbons (Fsp3) is 0.389. The summed E-state index contributed by atoms with van der Waals surface area (Å²) in [5.74, 6) is -0.764. The molecule has 1 N–H and O–H groups in total. The van der Waals surface area contributed by atoms with Gasteiger partial charge in [-0.2, -0.15) is 5.26 Å². The first kappa shape index (κ1) is 17.5. The van der Waals surface area contributed by atoms with Crippen LogP contribution in [0.25, 0.3) is 0 Å². The smallest absolute Gasteiger partial charge is 0.340 e. The number of methoxy groups -OCH3 is 1. The Kier molecular flexibility index (Phi) is 5.24. The summed E-state index contributed by atoms with van der Waals surface area (Å²) in [7, 11) is 1.53. The molecule has 2 rings (SSSR count). The van der Waals surface area contributed by atoms with Gasteiger partial charge in [-0.1, -0.05) is 11.6 Å². The van der Waals surface area contributed by atoms with Crippen LogP contribution >= 0.6 is 0 Å². The lowest BCUT2D eigenvalue weighted by atomic mass is 9.90. The molecule has 0 bridgehead atoms. The quantitative estimate of drug-likeness (QED) is 0.637. The number of fused-ring (bicyclic) bond motifs is 1. The van der Waals surface area contributed by atoms with Crippen molar-refractivity contribution in [3.8, 4) is 11.8 Å². The van der Waals surface area contributed by atoms with Crippen LogP contribution in [0.3, 0.4) is 0 Å². The number of benzene rings is 1. The first-order valence-corrected chi connectivity index (χ1v) is 7.57. The van der Waals surface area contributed by atoms with Crippen molar-refractivity contribution in [2.75, 3.05) is 7.11 Å². The van der Waals surface area contributed by atoms with Gasteiger partial charge < -0.3 is 14.6 Å². The minimum absolute atomic E-state index is 0.0557. The summed E-state index contributed by atoms with van der Waals surface area (Å²) in [5, 5.41) is 18.3. The van der Waals surface area contributed by atoms with Gasteiger partial charge in [0.2, 0.25) is 0 Å². The summed E-state index contributed by atoms with van der Waals surface area (Å²) in [4.78, 5) is 22.6. The molecule has 0 saturated carbocycles. The van der Waals surface area contributed by atoms with Gasteiger partial charge in [-0.05, 0) is 32.3 Å². The molecule has 0 amide bonds. The molecule has 0 fully saturated rings. The average Bonchev–Trinajstić information content (AvgIpc) is 2.93. The standard InChI is InChI=1S/C18H19NO5/c1-10(5-7-15(20)21)4-6-12-13(8-19)16-14(9-24-18(16)22)11(2)17(12)23-3/h4H,5-7,9H2,1-3H3,(H,20,21)/b10-4+. The minimum atomic E-state index is -0.853. The maximum Gasteiger partial charge on any atom is 0.340 e. The van der Waals surface area contributed by atoms with E-state index in [4.69, 9.17) is 14.6 Å². The minimum Gasteiger partial charge on any atom is -0.496 e. The molecule has 0 aliphatic carbocycles. The van der Waals surface area contributed by atoms with Crippen molar-refractivity contribution in [3.63, 3.8) is 0 Å². The molecular weight excluding hydrogens is 310 g/mol. The number of carbonyl (C=O) groups excluding carboxylic acids is 1. The molecule has 0 atom stereocenters. The number of carbonyl (C=O) groups is 2. The van der Waals surface area contributed by atoms with Gasteiger partial charge in [0.1, 0.15) is 18.4 Å². The number of cyclic esters (lactones) is 1. The van der Waals surface area contributed by atoms with Gasteiger partial charge in [0.25, 0.3) is 0 Å². The average molecular weight is 329 g/mol. The Hall–Kier alpha value is -2.81. The molecule has 1 aliphatic heterocycles. The molecule has 0 aromatic heterocycles. The van der Waals surface area contributed by atoms with Gasteiger partial charge in [0, 0.05) is 17.5 Å². The lowest BCUT2D eigenvalue weighted by Gasteiger charge is -2.15. The molecule has 0 spiro atoms. The van der Waals surface area contributed by atoms with E-state index in [1.54, 1.807) is 0 Å². The van der Waals surface area contributed by atoms with Crippen LogP contribution in [0.15, 0.2) is 11.6 Å². The lowest BCUT2D eigenvalue weighted by Crippen LogP contribution is -2.07. The number of ether oxygens (including phenoxy) is 2. The zero-order valence-electron chi connectivity index (χ0n) is 13.9. The summed E-state index contributed by atoms with van der Waals surface area (Å²) >= 11 is 0. The molecule has 6 heteroatoms. The number of rotatable bonds is 6. The van der Waals surface area contributed by atoms with Crippen molar-refractivity contribution in [2.24, 2.45) is 0 Å². The third-order valence-electron chi connectivity index (χ3n) is 4.18. The molecule has 24 heavy (non-hydrogen) atoms. The van der Waals surface area contributed by atoms with Crippen LogP contribution in [0.4, 0.5) is 0 Å². The number of carboxylic acids is 1. The summed E-state index contributed by atoms with van der Waals surface area (Å²) in [6, 6.07) is 2.10. The molecule has 1 aromatic carbocycles. The van der Waals surface area contributed by atoms with Crippen LogP contribution in [0, 0.1) is 18.3 Å². The van der Waals surface area contributed by atoms with Crippen LogP contribution in [0.5, 0.6) is 5.75 Å². The highest BCUT2D eigenvalue weighted by Crippen LogP contribution is 2.37. The van der Waals surface area contributed by atoms with Crippen LogP contribution < -0.4 is 4.74 Å². The van der Waals surface area contributed by atoms with E-state index in [2.05, 4.69) is 6.07 Å². The number of esters is 1. The molecule has 1 aromatic rings. The summed E-state index contributed by atoms with van der Waals surface area (Å²) in [6.07, 6.45) is 2.75. The van der Waals surface area contributed by atoms with Gasteiger partial charge >= 0.3 is 11.9 Å². The Morgan fingerprint density at radius 3 is 2.75 bits per heavy atom. The number of nitrogens with zero attached hydrogens (tertiary/aromatic N) is 1. The number of hydrogen-bond donors (Lipinski definition) is 1.